The van der Waals surface area contributed by atoms with Gasteiger partial charge in [0.15, 0.2) is 5.82 Å². The summed E-state index contributed by atoms with van der Waals surface area (Å²) in [4.78, 5) is 15.9. The normalized spacial score (nSPS) is 12.4. The molecule has 0 saturated heterocycles. The van der Waals surface area contributed by atoms with Crippen LogP contribution in [-0.2, 0) is 6.54 Å². The van der Waals surface area contributed by atoms with Crippen molar-refractivity contribution in [3.8, 4) is 0 Å². The highest BCUT2D eigenvalue weighted by molar-refractivity contribution is 5.31. The third-order valence-electron chi connectivity index (χ3n) is 2.48. The van der Waals surface area contributed by atoms with Gasteiger partial charge >= 0.3 is 0 Å². The average molecular weight is 224 g/mol. The van der Waals surface area contributed by atoms with Crippen molar-refractivity contribution < 1.29 is 0 Å². The first-order valence-corrected chi connectivity index (χ1v) is 5.71. The number of rotatable bonds is 6. The molecule has 90 valence electrons. The number of nitrogens with one attached hydrogen (secondary N) is 1. The molecular formula is C11H20N4O. The molecule has 1 heterocycles. The van der Waals surface area contributed by atoms with E-state index in [1.54, 1.807) is 17.0 Å². The van der Waals surface area contributed by atoms with Gasteiger partial charge in [-0.05, 0) is 33.2 Å². The van der Waals surface area contributed by atoms with E-state index >= 15 is 0 Å². The van der Waals surface area contributed by atoms with Crippen LogP contribution in [0.4, 0.5) is 5.82 Å². The van der Waals surface area contributed by atoms with Crippen LogP contribution < -0.4 is 16.6 Å². The zero-order valence-electron chi connectivity index (χ0n) is 9.94. The van der Waals surface area contributed by atoms with Gasteiger partial charge in [-0.1, -0.05) is 0 Å². The lowest BCUT2D eigenvalue weighted by atomic mass is 10.2. The molecule has 0 spiro atoms. The van der Waals surface area contributed by atoms with E-state index in [0.29, 0.717) is 18.9 Å². The van der Waals surface area contributed by atoms with Crippen LogP contribution in [0.3, 0.4) is 0 Å². The Morgan fingerprint density at radius 1 is 1.62 bits per heavy atom. The van der Waals surface area contributed by atoms with Gasteiger partial charge in [-0.2, -0.15) is 0 Å². The Bertz CT molecular complexity index is 374. The molecular weight excluding hydrogens is 204 g/mol. The van der Waals surface area contributed by atoms with E-state index in [9.17, 15) is 4.79 Å². The van der Waals surface area contributed by atoms with Crippen molar-refractivity contribution in [3.05, 3.63) is 22.7 Å². The summed E-state index contributed by atoms with van der Waals surface area (Å²) in [5.74, 6) is 0.425. The fourth-order valence-corrected chi connectivity index (χ4v) is 1.52. The van der Waals surface area contributed by atoms with Gasteiger partial charge in [0.1, 0.15) is 0 Å². The average Bonchev–Trinajstić information content (AvgIpc) is 2.29. The van der Waals surface area contributed by atoms with Crippen molar-refractivity contribution in [2.24, 2.45) is 5.73 Å². The third-order valence-corrected chi connectivity index (χ3v) is 2.48. The van der Waals surface area contributed by atoms with Crippen LogP contribution in [0.25, 0.3) is 0 Å². The molecule has 5 nitrogen and oxygen atoms in total. The van der Waals surface area contributed by atoms with E-state index in [0.717, 1.165) is 12.8 Å². The number of aryl methyl sites for hydroxylation is 1. The van der Waals surface area contributed by atoms with E-state index in [4.69, 9.17) is 5.73 Å². The van der Waals surface area contributed by atoms with Crippen molar-refractivity contribution in [2.75, 3.05) is 11.9 Å². The largest absolute Gasteiger partial charge is 0.363 e. The lowest BCUT2D eigenvalue weighted by Crippen LogP contribution is -2.27. The van der Waals surface area contributed by atoms with Gasteiger partial charge in [-0.3, -0.25) is 4.79 Å². The molecule has 0 saturated carbocycles. The molecule has 0 aliphatic heterocycles. The van der Waals surface area contributed by atoms with Crippen LogP contribution >= 0.6 is 0 Å². The molecule has 0 radical (unpaired) electrons. The maximum Gasteiger partial charge on any atom is 0.293 e. The van der Waals surface area contributed by atoms with Gasteiger partial charge in [0, 0.05) is 25.0 Å². The van der Waals surface area contributed by atoms with Gasteiger partial charge in [0.2, 0.25) is 0 Å². The van der Waals surface area contributed by atoms with Crippen molar-refractivity contribution >= 4 is 5.82 Å². The van der Waals surface area contributed by atoms with Crippen molar-refractivity contribution in [1.29, 1.82) is 0 Å². The van der Waals surface area contributed by atoms with Crippen LogP contribution in [0, 0.1) is 0 Å². The maximum absolute atomic E-state index is 11.8. The van der Waals surface area contributed by atoms with Gasteiger partial charge in [-0.15, -0.1) is 0 Å². The highest BCUT2D eigenvalue weighted by atomic mass is 16.1. The van der Waals surface area contributed by atoms with Crippen LogP contribution in [0.15, 0.2) is 17.2 Å². The Kier molecular flexibility index (Phi) is 4.98. The second-order valence-electron chi connectivity index (χ2n) is 3.84. The van der Waals surface area contributed by atoms with Crippen LogP contribution in [0.5, 0.6) is 0 Å². The van der Waals surface area contributed by atoms with E-state index in [1.165, 1.54) is 0 Å². The fraction of sp³-hybridized carbons (Fsp3) is 0.636. The third kappa shape index (κ3) is 3.34. The fourth-order valence-electron chi connectivity index (χ4n) is 1.52. The first-order chi connectivity index (χ1) is 7.69. The summed E-state index contributed by atoms with van der Waals surface area (Å²) in [6, 6.07) is 0.219. The summed E-state index contributed by atoms with van der Waals surface area (Å²) in [7, 11) is 0. The Labute approximate surface area is 95.7 Å². The first kappa shape index (κ1) is 12.7. The molecule has 1 rings (SSSR count). The summed E-state index contributed by atoms with van der Waals surface area (Å²) in [5, 5.41) is 3.12. The molecule has 0 aromatic carbocycles. The molecule has 0 aliphatic carbocycles. The summed E-state index contributed by atoms with van der Waals surface area (Å²) in [5.41, 5.74) is 5.37. The molecule has 0 amide bonds. The van der Waals surface area contributed by atoms with Crippen LogP contribution in [0.1, 0.15) is 26.7 Å². The van der Waals surface area contributed by atoms with Gasteiger partial charge in [0.25, 0.3) is 5.56 Å². The molecule has 0 bridgehead atoms. The zero-order valence-corrected chi connectivity index (χ0v) is 9.94. The quantitative estimate of drug-likeness (QED) is 0.749. The second-order valence-corrected chi connectivity index (χ2v) is 3.84. The van der Waals surface area contributed by atoms with Gasteiger partial charge < -0.3 is 15.6 Å². The van der Waals surface area contributed by atoms with E-state index in [2.05, 4.69) is 10.3 Å². The number of aromatic nitrogens is 2. The van der Waals surface area contributed by atoms with Crippen molar-refractivity contribution in [1.82, 2.24) is 9.55 Å². The number of nitrogens with two attached hydrogens (primary N) is 1. The number of nitrogens with zero attached hydrogens (tertiary/aromatic N) is 2. The number of hydrogen-bond acceptors (Lipinski definition) is 4. The molecule has 1 atom stereocenters. The monoisotopic (exact) mass is 224 g/mol. The van der Waals surface area contributed by atoms with E-state index in [1.807, 2.05) is 13.8 Å². The van der Waals surface area contributed by atoms with E-state index in [-0.39, 0.29) is 11.6 Å². The Balaban J connectivity index is 2.70. The minimum Gasteiger partial charge on any atom is -0.363 e. The predicted molar refractivity (Wildman–Crippen MR) is 65.5 cm³/mol. The Hall–Kier alpha value is -1.36. The molecule has 3 N–H and O–H groups in total. The van der Waals surface area contributed by atoms with E-state index < -0.39 is 0 Å². The summed E-state index contributed by atoms with van der Waals surface area (Å²) in [6.45, 7) is 5.30. The Morgan fingerprint density at radius 3 is 3.00 bits per heavy atom. The van der Waals surface area contributed by atoms with Gasteiger partial charge in [-0.25, -0.2) is 4.98 Å². The maximum atomic E-state index is 11.8. The SMILES string of the molecule is CCn1ccnc(NC(C)CCCN)c1=O. The minimum absolute atomic E-state index is 0.0652. The molecule has 1 aromatic rings. The molecule has 5 heteroatoms. The second kappa shape index (κ2) is 6.27. The van der Waals surface area contributed by atoms with Crippen LogP contribution in [0.2, 0.25) is 0 Å². The van der Waals surface area contributed by atoms with Crippen molar-refractivity contribution in [3.63, 3.8) is 0 Å². The minimum atomic E-state index is -0.0652. The smallest absolute Gasteiger partial charge is 0.293 e. The lowest BCUT2D eigenvalue weighted by Gasteiger charge is -2.14. The lowest BCUT2D eigenvalue weighted by molar-refractivity contribution is 0.653. The summed E-state index contributed by atoms with van der Waals surface area (Å²) >= 11 is 0. The first-order valence-electron chi connectivity index (χ1n) is 5.71. The molecule has 0 aliphatic rings. The predicted octanol–water partition coefficient (Wildman–Crippen LogP) is 0.802. The standard InChI is InChI=1S/C11H20N4O/c1-3-15-8-7-13-10(11(15)16)14-9(2)5-4-6-12/h7-9H,3-6,12H2,1-2H3,(H,13,14). The topological polar surface area (TPSA) is 72.9 Å². The molecule has 1 aromatic heterocycles. The highest BCUT2D eigenvalue weighted by Gasteiger charge is 2.07. The van der Waals surface area contributed by atoms with Crippen LogP contribution in [-0.4, -0.2) is 22.1 Å². The summed E-state index contributed by atoms with van der Waals surface area (Å²) in [6.07, 6.45) is 5.22. The molecule has 0 fully saturated rings. The zero-order chi connectivity index (χ0) is 12.0. The summed E-state index contributed by atoms with van der Waals surface area (Å²) < 4.78 is 1.63. The number of anilines is 1. The Morgan fingerprint density at radius 2 is 2.38 bits per heavy atom. The van der Waals surface area contributed by atoms with Gasteiger partial charge in [0.05, 0.1) is 0 Å². The highest BCUT2D eigenvalue weighted by Crippen LogP contribution is 2.02. The van der Waals surface area contributed by atoms with Crippen molar-refractivity contribution in [2.45, 2.75) is 39.3 Å². The number of hydrogen-bond donors (Lipinski definition) is 2. The molecule has 16 heavy (non-hydrogen) atoms. The molecule has 1 unspecified atom stereocenters.